The van der Waals surface area contributed by atoms with Crippen molar-refractivity contribution in [2.24, 2.45) is 5.92 Å². The van der Waals surface area contributed by atoms with Crippen LogP contribution in [0.1, 0.15) is 56.3 Å². The molecule has 1 aromatic rings. The van der Waals surface area contributed by atoms with Crippen LogP contribution < -0.4 is 0 Å². The van der Waals surface area contributed by atoms with E-state index in [2.05, 4.69) is 31.7 Å². The van der Waals surface area contributed by atoms with Gasteiger partial charge in [-0.05, 0) is 24.5 Å². The second-order valence-electron chi connectivity index (χ2n) is 5.53. The third-order valence-electron chi connectivity index (χ3n) is 3.53. The van der Waals surface area contributed by atoms with Gasteiger partial charge in [0.25, 0.3) is 0 Å². The van der Waals surface area contributed by atoms with Crippen LogP contribution in [-0.2, 0) is 14.3 Å². The molecule has 0 fully saturated rings. The van der Waals surface area contributed by atoms with Crippen LogP contribution in [0.2, 0.25) is 0 Å². The molecule has 1 aromatic carbocycles. The fourth-order valence-corrected chi connectivity index (χ4v) is 2.00. The number of carbonyl (C=O) groups is 2. The molecule has 0 heterocycles. The Morgan fingerprint density at radius 3 is 2.36 bits per heavy atom. The molecule has 1 unspecified atom stereocenters. The van der Waals surface area contributed by atoms with E-state index in [0.29, 0.717) is 24.5 Å². The van der Waals surface area contributed by atoms with E-state index in [1.807, 2.05) is 6.07 Å². The minimum absolute atomic E-state index is 0.157. The van der Waals surface area contributed by atoms with E-state index >= 15 is 0 Å². The number of rotatable bonds is 10. The summed E-state index contributed by atoms with van der Waals surface area (Å²) in [5, 5.41) is 0. The van der Waals surface area contributed by atoms with E-state index < -0.39 is 0 Å². The number of ether oxygens (including phenoxy) is 2. The summed E-state index contributed by atoms with van der Waals surface area (Å²) in [6.45, 7) is 11.7. The van der Waals surface area contributed by atoms with Gasteiger partial charge in [0.15, 0.2) is 0 Å². The van der Waals surface area contributed by atoms with E-state index in [1.54, 1.807) is 30.3 Å². The Bertz CT molecular complexity index is 508. The maximum absolute atomic E-state index is 11.0. The van der Waals surface area contributed by atoms with Gasteiger partial charge in [-0.25, -0.2) is 4.79 Å². The van der Waals surface area contributed by atoms with Crippen molar-refractivity contribution in [3.63, 3.8) is 0 Å². The van der Waals surface area contributed by atoms with E-state index in [0.717, 1.165) is 19.1 Å². The van der Waals surface area contributed by atoms with Crippen LogP contribution in [0.3, 0.4) is 0 Å². The van der Waals surface area contributed by atoms with E-state index in [1.165, 1.54) is 12.8 Å². The smallest absolute Gasteiger partial charge is 0.342 e. The van der Waals surface area contributed by atoms with E-state index in [4.69, 9.17) is 4.74 Å². The molecule has 0 radical (unpaired) electrons. The van der Waals surface area contributed by atoms with Crippen molar-refractivity contribution >= 4 is 11.9 Å². The lowest BCUT2D eigenvalue weighted by Gasteiger charge is -2.13. The molecule has 25 heavy (non-hydrogen) atoms. The van der Waals surface area contributed by atoms with Crippen molar-refractivity contribution in [1.82, 2.24) is 0 Å². The van der Waals surface area contributed by atoms with Crippen molar-refractivity contribution in [2.75, 3.05) is 6.61 Å². The molecular formula is C21H30O4. The molecule has 4 nitrogen and oxygen atoms in total. The molecule has 0 amide bonds. The van der Waals surface area contributed by atoms with Gasteiger partial charge in [-0.2, -0.15) is 0 Å². The zero-order valence-corrected chi connectivity index (χ0v) is 15.4. The van der Waals surface area contributed by atoms with Crippen molar-refractivity contribution in [2.45, 2.75) is 46.0 Å². The quantitative estimate of drug-likeness (QED) is 0.327. The molecule has 1 atom stereocenters. The Hall–Kier alpha value is -2.36. The Kier molecular flexibility index (Phi) is 13.8. The van der Waals surface area contributed by atoms with Gasteiger partial charge in [0.2, 0.25) is 0 Å². The van der Waals surface area contributed by atoms with Crippen LogP contribution >= 0.6 is 0 Å². The molecule has 0 aliphatic rings. The number of benzene rings is 1. The number of hydrogen-bond donors (Lipinski definition) is 0. The molecule has 0 spiro atoms. The monoisotopic (exact) mass is 346 g/mol. The van der Waals surface area contributed by atoms with Crippen LogP contribution in [-0.4, -0.2) is 18.5 Å². The van der Waals surface area contributed by atoms with Crippen molar-refractivity contribution in [3.8, 4) is 0 Å². The van der Waals surface area contributed by atoms with Crippen molar-refractivity contribution < 1.29 is 19.1 Å². The van der Waals surface area contributed by atoms with Gasteiger partial charge < -0.3 is 9.47 Å². The fraction of sp³-hybridized carbons (Fsp3) is 0.429. The second kappa shape index (κ2) is 15.2. The molecular weight excluding hydrogens is 316 g/mol. The normalized spacial score (nSPS) is 10.6. The average Bonchev–Trinajstić information content (AvgIpc) is 2.63. The first-order chi connectivity index (χ1) is 12.1. The molecule has 0 saturated carbocycles. The highest BCUT2D eigenvalue weighted by molar-refractivity contribution is 5.89. The predicted molar refractivity (Wildman–Crippen MR) is 101 cm³/mol. The summed E-state index contributed by atoms with van der Waals surface area (Å²) >= 11 is 0. The largest absolute Gasteiger partial charge is 0.465 e. The molecule has 0 saturated heterocycles. The predicted octanol–water partition coefficient (Wildman–Crippen LogP) is 5.31. The Morgan fingerprint density at radius 2 is 1.84 bits per heavy atom. The number of unbranched alkanes of at least 4 members (excludes halogenated alkanes) is 1. The van der Waals surface area contributed by atoms with Gasteiger partial charge in [-0.1, -0.05) is 64.0 Å². The first kappa shape index (κ1) is 22.6. The van der Waals surface area contributed by atoms with Crippen LogP contribution in [0.5, 0.6) is 0 Å². The van der Waals surface area contributed by atoms with Gasteiger partial charge >= 0.3 is 11.9 Å². The van der Waals surface area contributed by atoms with E-state index in [-0.39, 0.29) is 11.9 Å². The summed E-state index contributed by atoms with van der Waals surface area (Å²) in [6.07, 6.45) is 7.69. The highest BCUT2D eigenvalue weighted by Crippen LogP contribution is 2.13. The highest BCUT2D eigenvalue weighted by atomic mass is 16.5. The molecule has 0 N–H and O–H groups in total. The van der Waals surface area contributed by atoms with Gasteiger partial charge in [-0.15, -0.1) is 6.58 Å². The fourth-order valence-electron chi connectivity index (χ4n) is 2.00. The van der Waals surface area contributed by atoms with E-state index in [9.17, 15) is 9.59 Å². The van der Waals surface area contributed by atoms with Crippen molar-refractivity contribution in [3.05, 3.63) is 61.4 Å². The van der Waals surface area contributed by atoms with Gasteiger partial charge in [-0.3, -0.25) is 4.79 Å². The number of esters is 2. The van der Waals surface area contributed by atoms with Crippen LogP contribution in [0.25, 0.3) is 0 Å². The molecule has 0 aliphatic carbocycles. The molecule has 4 heteroatoms. The lowest BCUT2D eigenvalue weighted by atomic mass is 10.0. The minimum atomic E-state index is -0.374. The van der Waals surface area contributed by atoms with Crippen LogP contribution in [0.15, 0.2) is 55.8 Å². The Balaban J connectivity index is 0.000000472. The average molecular weight is 346 g/mol. The minimum Gasteiger partial charge on any atom is -0.465 e. The first-order valence-corrected chi connectivity index (χ1v) is 8.72. The summed E-state index contributed by atoms with van der Waals surface area (Å²) in [4.78, 5) is 22.0. The first-order valence-electron chi connectivity index (χ1n) is 8.72. The molecule has 138 valence electrons. The second-order valence-corrected chi connectivity index (χ2v) is 5.53. The maximum Gasteiger partial charge on any atom is 0.342 e. The lowest BCUT2D eigenvalue weighted by Crippen LogP contribution is -2.13. The summed E-state index contributed by atoms with van der Waals surface area (Å²) < 4.78 is 9.68. The summed E-state index contributed by atoms with van der Waals surface area (Å²) in [6, 6.07) is 8.77. The number of carbonyl (C=O) groups excluding carboxylic acids is 2. The Morgan fingerprint density at radius 1 is 1.16 bits per heavy atom. The van der Waals surface area contributed by atoms with Crippen LogP contribution in [0.4, 0.5) is 0 Å². The van der Waals surface area contributed by atoms with Crippen LogP contribution in [0, 0.1) is 5.92 Å². The van der Waals surface area contributed by atoms with Gasteiger partial charge in [0.1, 0.15) is 0 Å². The molecule has 0 aliphatic heterocycles. The molecule has 0 bridgehead atoms. The number of hydrogen-bond acceptors (Lipinski definition) is 4. The third kappa shape index (κ3) is 11.8. The maximum atomic E-state index is 11.0. The van der Waals surface area contributed by atoms with Gasteiger partial charge in [0, 0.05) is 0 Å². The lowest BCUT2D eigenvalue weighted by molar-refractivity contribution is -0.144. The highest BCUT2D eigenvalue weighted by Gasteiger charge is 2.08. The third-order valence-corrected chi connectivity index (χ3v) is 3.53. The molecule has 1 rings (SSSR count). The topological polar surface area (TPSA) is 52.6 Å². The Labute approximate surface area is 151 Å². The zero-order valence-electron chi connectivity index (χ0n) is 15.4. The standard InChI is InChI=1S/C12H22O2.C9H8O2/c1-4-7-9-11(6-3)10-14-12(13)8-5-2;1-2-11-9(10)8-6-4-3-5-7-8/h5,11H,2,4,6-10H2,1,3H3;2-7H,1H2. The summed E-state index contributed by atoms with van der Waals surface area (Å²) in [5.74, 6) is -0.000682. The van der Waals surface area contributed by atoms with Gasteiger partial charge in [0.05, 0.1) is 24.9 Å². The SMILES string of the molecule is C=CCC(=O)OCC(CC)CCCC.C=COC(=O)c1ccccc1. The van der Waals surface area contributed by atoms with Crippen molar-refractivity contribution in [1.29, 1.82) is 0 Å². The zero-order chi connectivity index (χ0) is 18.9. The summed E-state index contributed by atoms with van der Waals surface area (Å²) in [5.41, 5.74) is 0.535. The molecule has 0 aromatic heterocycles. The summed E-state index contributed by atoms with van der Waals surface area (Å²) in [7, 11) is 0.